The minimum absolute atomic E-state index is 0.152. The number of fused-ring (bicyclic) bond motifs is 1. The molecular weight excluding hydrogens is 390 g/mol. The molecule has 0 aliphatic rings. The first-order chi connectivity index (χ1) is 11.9. The number of nitrogens with zero attached hydrogens (tertiary/aromatic N) is 3. The highest BCUT2D eigenvalue weighted by molar-refractivity contribution is 7.86. The second-order valence-electron chi connectivity index (χ2n) is 5.14. The molecule has 0 aromatic heterocycles. The van der Waals surface area contributed by atoms with Crippen LogP contribution in [0.4, 0.5) is 5.69 Å². The van der Waals surface area contributed by atoms with E-state index in [1.807, 2.05) is 0 Å². The first-order valence-corrected chi connectivity index (χ1v) is 9.64. The quantitative estimate of drug-likeness (QED) is 0.365. The SMILES string of the molecule is CN(CC(=O)O)N=Nc1cc(S(=O)(=O)O)c2cccc(S(=O)(=O)O)c2c1. The maximum absolute atomic E-state index is 11.6. The van der Waals surface area contributed by atoms with Gasteiger partial charge in [-0.05, 0) is 18.2 Å². The smallest absolute Gasteiger partial charge is 0.324 e. The summed E-state index contributed by atoms with van der Waals surface area (Å²) in [6, 6.07) is 5.55. The van der Waals surface area contributed by atoms with Gasteiger partial charge in [-0.2, -0.15) is 16.8 Å². The molecule has 0 unspecified atom stereocenters. The fourth-order valence-corrected chi connectivity index (χ4v) is 3.58. The summed E-state index contributed by atoms with van der Waals surface area (Å²) in [5.41, 5.74) is -0.182. The Bertz CT molecular complexity index is 1110. The van der Waals surface area contributed by atoms with Crippen LogP contribution in [0.2, 0.25) is 0 Å². The number of hydrogen-bond donors (Lipinski definition) is 3. The molecule has 0 amide bonds. The van der Waals surface area contributed by atoms with Crippen LogP contribution in [-0.4, -0.2) is 55.6 Å². The Kier molecular flexibility index (Phi) is 5.27. The van der Waals surface area contributed by atoms with E-state index in [2.05, 4.69) is 10.3 Å². The van der Waals surface area contributed by atoms with Crippen molar-refractivity contribution in [1.82, 2.24) is 5.01 Å². The third-order valence-electron chi connectivity index (χ3n) is 3.14. The zero-order valence-electron chi connectivity index (χ0n) is 13.1. The molecule has 13 heteroatoms. The molecule has 0 aliphatic carbocycles. The Morgan fingerprint density at radius 3 is 2.19 bits per heavy atom. The van der Waals surface area contributed by atoms with Gasteiger partial charge in [0.2, 0.25) is 0 Å². The predicted octanol–water partition coefficient (Wildman–Crippen LogP) is 1.35. The summed E-state index contributed by atoms with van der Waals surface area (Å²) < 4.78 is 65.0. The lowest BCUT2D eigenvalue weighted by Gasteiger charge is -2.10. The van der Waals surface area contributed by atoms with E-state index in [9.17, 15) is 30.7 Å². The third-order valence-corrected chi connectivity index (χ3v) is 4.94. The average Bonchev–Trinajstić information content (AvgIpc) is 2.49. The van der Waals surface area contributed by atoms with E-state index >= 15 is 0 Å². The first kappa shape index (κ1) is 19.7. The molecule has 0 radical (unpaired) electrons. The van der Waals surface area contributed by atoms with Gasteiger partial charge in [0.25, 0.3) is 20.2 Å². The molecule has 2 rings (SSSR count). The van der Waals surface area contributed by atoms with Gasteiger partial charge in [0.1, 0.15) is 16.3 Å². The Balaban J connectivity index is 2.74. The summed E-state index contributed by atoms with van der Waals surface area (Å²) in [4.78, 5) is 9.36. The van der Waals surface area contributed by atoms with E-state index in [1.54, 1.807) is 0 Å². The molecule has 0 saturated carbocycles. The monoisotopic (exact) mass is 403 g/mol. The molecule has 0 aliphatic heterocycles. The number of likely N-dealkylation sites (N-methyl/N-ethyl adjacent to an activating group) is 1. The lowest BCUT2D eigenvalue weighted by atomic mass is 10.1. The van der Waals surface area contributed by atoms with Gasteiger partial charge < -0.3 is 5.11 Å². The van der Waals surface area contributed by atoms with Gasteiger partial charge >= 0.3 is 5.97 Å². The van der Waals surface area contributed by atoms with Crippen LogP contribution in [0.15, 0.2) is 50.5 Å². The number of carboxylic acids is 1. The van der Waals surface area contributed by atoms with Crippen molar-refractivity contribution in [3.8, 4) is 0 Å². The lowest BCUT2D eigenvalue weighted by molar-refractivity contribution is -0.138. The highest BCUT2D eigenvalue weighted by atomic mass is 32.2. The zero-order valence-corrected chi connectivity index (χ0v) is 14.8. The third kappa shape index (κ3) is 4.51. The highest BCUT2D eigenvalue weighted by Crippen LogP contribution is 2.33. The van der Waals surface area contributed by atoms with Crippen LogP contribution in [0.25, 0.3) is 10.8 Å². The molecule has 140 valence electrons. The van der Waals surface area contributed by atoms with Crippen molar-refractivity contribution in [3.63, 3.8) is 0 Å². The van der Waals surface area contributed by atoms with Crippen LogP contribution < -0.4 is 0 Å². The van der Waals surface area contributed by atoms with Gasteiger partial charge in [-0.1, -0.05) is 17.4 Å². The van der Waals surface area contributed by atoms with Crippen LogP contribution in [0.3, 0.4) is 0 Å². The van der Waals surface area contributed by atoms with Crippen molar-refractivity contribution < 1.29 is 35.8 Å². The maximum atomic E-state index is 11.6. The van der Waals surface area contributed by atoms with Crippen molar-refractivity contribution >= 4 is 42.7 Å². The Hall–Kier alpha value is -2.61. The second kappa shape index (κ2) is 6.95. The summed E-state index contributed by atoms with van der Waals surface area (Å²) >= 11 is 0. The Morgan fingerprint density at radius 2 is 1.65 bits per heavy atom. The molecule has 0 saturated heterocycles. The summed E-state index contributed by atoms with van der Waals surface area (Å²) in [7, 11) is -8.15. The van der Waals surface area contributed by atoms with Gasteiger partial charge in [-0.25, -0.2) is 0 Å². The zero-order chi connectivity index (χ0) is 19.7. The average molecular weight is 403 g/mol. The first-order valence-electron chi connectivity index (χ1n) is 6.76. The van der Waals surface area contributed by atoms with Crippen molar-refractivity contribution in [2.24, 2.45) is 10.3 Å². The number of rotatable bonds is 6. The molecule has 11 nitrogen and oxygen atoms in total. The second-order valence-corrected chi connectivity index (χ2v) is 7.92. The fourth-order valence-electron chi connectivity index (χ4n) is 2.16. The molecule has 0 fully saturated rings. The molecular formula is C13H13N3O8S2. The highest BCUT2D eigenvalue weighted by Gasteiger charge is 2.21. The predicted molar refractivity (Wildman–Crippen MR) is 88.4 cm³/mol. The van der Waals surface area contributed by atoms with Crippen LogP contribution in [0.1, 0.15) is 0 Å². The van der Waals surface area contributed by atoms with E-state index in [-0.39, 0.29) is 16.5 Å². The number of carboxylic acid groups (broad SMARTS) is 1. The summed E-state index contributed by atoms with van der Waals surface area (Å²) in [5.74, 6) is -1.18. The van der Waals surface area contributed by atoms with Crippen molar-refractivity contribution in [3.05, 3.63) is 30.3 Å². The molecule has 0 bridgehead atoms. The van der Waals surface area contributed by atoms with E-state index in [1.165, 1.54) is 19.2 Å². The van der Waals surface area contributed by atoms with Crippen LogP contribution in [0, 0.1) is 0 Å². The Labute approximate surface area is 148 Å². The molecule has 26 heavy (non-hydrogen) atoms. The van der Waals surface area contributed by atoms with Gasteiger partial charge in [-0.3, -0.25) is 18.9 Å². The van der Waals surface area contributed by atoms with E-state index < -0.39 is 42.5 Å². The lowest BCUT2D eigenvalue weighted by Crippen LogP contribution is -2.19. The summed E-state index contributed by atoms with van der Waals surface area (Å²) in [6.07, 6.45) is 0. The van der Waals surface area contributed by atoms with Crippen molar-refractivity contribution in [2.45, 2.75) is 9.79 Å². The normalized spacial score (nSPS) is 12.6. The minimum atomic E-state index is -4.76. The van der Waals surface area contributed by atoms with Crippen molar-refractivity contribution in [1.29, 1.82) is 0 Å². The molecule has 2 aromatic carbocycles. The topological polar surface area (TPSA) is 174 Å². The Morgan fingerprint density at radius 1 is 1.04 bits per heavy atom. The van der Waals surface area contributed by atoms with Crippen LogP contribution >= 0.6 is 0 Å². The number of hydrogen-bond acceptors (Lipinski definition) is 7. The minimum Gasteiger partial charge on any atom is -0.480 e. The maximum Gasteiger partial charge on any atom is 0.324 e. The van der Waals surface area contributed by atoms with E-state index in [0.717, 1.165) is 23.2 Å². The van der Waals surface area contributed by atoms with E-state index in [4.69, 9.17) is 5.11 Å². The van der Waals surface area contributed by atoms with Crippen LogP contribution in [0.5, 0.6) is 0 Å². The number of benzene rings is 2. The summed E-state index contributed by atoms with van der Waals surface area (Å²) in [6.45, 7) is -0.488. The fraction of sp³-hybridized carbons (Fsp3) is 0.154. The van der Waals surface area contributed by atoms with Gasteiger partial charge in [0.15, 0.2) is 0 Å². The molecule has 0 atom stereocenters. The standard InChI is InChI=1S/C13H13N3O8S2/c1-16(7-13(17)18)15-14-8-5-10-9(12(6-8)26(22,23)24)3-2-4-11(10)25(19,20)21/h2-6H,7H2,1H3,(H,17,18)(H,19,20,21)(H,22,23,24). The van der Waals surface area contributed by atoms with Gasteiger partial charge in [0, 0.05) is 17.8 Å². The van der Waals surface area contributed by atoms with Gasteiger partial charge in [0.05, 0.1) is 5.69 Å². The van der Waals surface area contributed by atoms with Crippen molar-refractivity contribution in [2.75, 3.05) is 13.6 Å². The summed E-state index contributed by atoms with van der Waals surface area (Å²) in [5, 5.41) is 16.4. The van der Waals surface area contributed by atoms with Crippen LogP contribution in [-0.2, 0) is 25.0 Å². The number of carbonyl (C=O) groups is 1. The van der Waals surface area contributed by atoms with E-state index in [0.29, 0.717) is 0 Å². The number of aliphatic carboxylic acids is 1. The largest absolute Gasteiger partial charge is 0.480 e. The molecule has 3 N–H and O–H groups in total. The molecule has 2 aromatic rings. The molecule has 0 heterocycles. The van der Waals surface area contributed by atoms with Gasteiger partial charge in [-0.15, -0.1) is 5.11 Å². The molecule has 0 spiro atoms.